The van der Waals surface area contributed by atoms with E-state index in [1.54, 1.807) is 6.92 Å². The highest BCUT2D eigenvalue weighted by Gasteiger charge is 2.19. The molecule has 0 radical (unpaired) electrons. The van der Waals surface area contributed by atoms with Crippen LogP contribution in [-0.4, -0.2) is 24.4 Å². The van der Waals surface area contributed by atoms with E-state index in [0.717, 1.165) is 0 Å². The highest BCUT2D eigenvalue weighted by atomic mass is 35.5. The number of amides is 2. The van der Waals surface area contributed by atoms with E-state index in [-0.39, 0.29) is 16.5 Å². The molecule has 1 unspecified atom stereocenters. The largest absolute Gasteiger partial charge is 0.355 e. The van der Waals surface area contributed by atoms with Crippen molar-refractivity contribution < 1.29 is 18.4 Å². The average molecular weight is 291 g/mol. The number of hydrogen-bond donors (Lipinski definition) is 2. The molecule has 0 saturated heterocycles. The van der Waals surface area contributed by atoms with E-state index in [1.807, 2.05) is 0 Å². The maximum atomic E-state index is 13.0. The first-order valence-electron chi connectivity index (χ1n) is 5.60. The zero-order valence-corrected chi connectivity index (χ0v) is 11.1. The maximum absolute atomic E-state index is 13.0. The molecule has 0 aliphatic carbocycles. The van der Waals surface area contributed by atoms with Gasteiger partial charge in [-0.1, -0.05) is 11.6 Å². The lowest BCUT2D eigenvalue weighted by atomic mass is 10.2. The van der Waals surface area contributed by atoms with Gasteiger partial charge in [0.05, 0.1) is 10.6 Å². The monoisotopic (exact) mass is 290 g/mol. The molecule has 1 rings (SSSR count). The van der Waals surface area contributed by atoms with Gasteiger partial charge in [-0.25, -0.2) is 8.78 Å². The second-order valence-electron chi connectivity index (χ2n) is 3.84. The van der Waals surface area contributed by atoms with Gasteiger partial charge in [-0.15, -0.1) is 0 Å². The minimum absolute atomic E-state index is 0.223. The molecule has 2 N–H and O–H groups in total. The summed E-state index contributed by atoms with van der Waals surface area (Å²) in [6, 6.07) is 0.594. The first-order chi connectivity index (χ1) is 8.86. The molecule has 19 heavy (non-hydrogen) atoms. The summed E-state index contributed by atoms with van der Waals surface area (Å²) in [5, 5.41) is 4.64. The summed E-state index contributed by atoms with van der Waals surface area (Å²) in [6.45, 7) is 3.63. The predicted octanol–water partition coefficient (Wildman–Crippen LogP) is 1.87. The van der Waals surface area contributed by atoms with Crippen molar-refractivity contribution in [1.82, 2.24) is 10.6 Å². The third-order valence-electron chi connectivity index (χ3n) is 2.35. The summed E-state index contributed by atoms with van der Waals surface area (Å²) in [4.78, 5) is 23.2. The smallest absolute Gasteiger partial charge is 0.253 e. The molecular weight excluding hydrogens is 278 g/mol. The van der Waals surface area contributed by atoms with Crippen LogP contribution in [-0.2, 0) is 4.79 Å². The SMILES string of the molecule is CCNC(=O)C(C)NC(=O)c1cc(F)c(F)cc1Cl. The third kappa shape index (κ3) is 3.89. The number of carbonyl (C=O) groups excluding carboxylic acids is 2. The van der Waals surface area contributed by atoms with Crippen LogP contribution in [0.5, 0.6) is 0 Å². The van der Waals surface area contributed by atoms with E-state index >= 15 is 0 Å². The summed E-state index contributed by atoms with van der Waals surface area (Å²) >= 11 is 5.65. The average Bonchev–Trinajstić information content (AvgIpc) is 2.33. The summed E-state index contributed by atoms with van der Waals surface area (Å²) in [7, 11) is 0. The van der Waals surface area contributed by atoms with Gasteiger partial charge in [0.2, 0.25) is 5.91 Å². The van der Waals surface area contributed by atoms with Crippen LogP contribution < -0.4 is 10.6 Å². The van der Waals surface area contributed by atoms with E-state index in [2.05, 4.69) is 10.6 Å². The minimum atomic E-state index is -1.18. The highest BCUT2D eigenvalue weighted by Crippen LogP contribution is 2.20. The molecule has 0 fully saturated rings. The number of nitrogens with one attached hydrogen (secondary N) is 2. The number of halogens is 3. The zero-order chi connectivity index (χ0) is 14.6. The van der Waals surface area contributed by atoms with Crippen LogP contribution in [0.4, 0.5) is 8.78 Å². The van der Waals surface area contributed by atoms with E-state index in [4.69, 9.17) is 11.6 Å². The van der Waals surface area contributed by atoms with Crippen molar-refractivity contribution >= 4 is 23.4 Å². The van der Waals surface area contributed by atoms with Crippen molar-refractivity contribution in [2.45, 2.75) is 19.9 Å². The lowest BCUT2D eigenvalue weighted by molar-refractivity contribution is -0.122. The van der Waals surface area contributed by atoms with E-state index in [0.29, 0.717) is 18.7 Å². The number of carbonyl (C=O) groups is 2. The Morgan fingerprint density at radius 3 is 2.47 bits per heavy atom. The molecule has 2 amide bonds. The number of likely N-dealkylation sites (N-methyl/N-ethyl adjacent to an activating group) is 1. The van der Waals surface area contributed by atoms with E-state index in [1.165, 1.54) is 6.92 Å². The fourth-order valence-corrected chi connectivity index (χ4v) is 1.60. The van der Waals surface area contributed by atoms with Crippen LogP contribution in [0.25, 0.3) is 0 Å². The van der Waals surface area contributed by atoms with Gasteiger partial charge >= 0.3 is 0 Å². The Hall–Kier alpha value is -1.69. The van der Waals surface area contributed by atoms with Crippen LogP contribution in [0.3, 0.4) is 0 Å². The molecule has 104 valence electrons. The topological polar surface area (TPSA) is 58.2 Å². The Bertz CT molecular complexity index is 509. The van der Waals surface area contributed by atoms with Crippen molar-refractivity contribution in [2.24, 2.45) is 0 Å². The van der Waals surface area contributed by atoms with Crippen LogP contribution in [0.15, 0.2) is 12.1 Å². The first kappa shape index (κ1) is 15.4. The van der Waals surface area contributed by atoms with Crippen molar-refractivity contribution in [3.63, 3.8) is 0 Å². The summed E-state index contributed by atoms with van der Waals surface area (Å²) in [5.74, 6) is -3.45. The highest BCUT2D eigenvalue weighted by molar-refractivity contribution is 6.33. The van der Waals surface area contributed by atoms with Gasteiger partial charge in [0.25, 0.3) is 5.91 Å². The lowest BCUT2D eigenvalue weighted by Gasteiger charge is -2.14. The summed E-state index contributed by atoms with van der Waals surface area (Å²) in [5.41, 5.74) is -0.225. The van der Waals surface area contributed by atoms with Crippen LogP contribution in [0.2, 0.25) is 5.02 Å². The first-order valence-corrected chi connectivity index (χ1v) is 5.97. The van der Waals surface area contributed by atoms with E-state index < -0.39 is 23.6 Å². The van der Waals surface area contributed by atoms with Gasteiger partial charge < -0.3 is 10.6 Å². The molecule has 4 nitrogen and oxygen atoms in total. The molecule has 0 aromatic heterocycles. The van der Waals surface area contributed by atoms with Crippen LogP contribution in [0, 0.1) is 11.6 Å². The van der Waals surface area contributed by atoms with Gasteiger partial charge in [-0.2, -0.15) is 0 Å². The van der Waals surface area contributed by atoms with Gasteiger partial charge in [-0.3, -0.25) is 9.59 Å². The lowest BCUT2D eigenvalue weighted by Crippen LogP contribution is -2.44. The molecule has 7 heteroatoms. The third-order valence-corrected chi connectivity index (χ3v) is 2.66. The van der Waals surface area contributed by atoms with Gasteiger partial charge in [0.15, 0.2) is 11.6 Å². The molecule has 0 spiro atoms. The summed E-state index contributed by atoms with van der Waals surface area (Å²) < 4.78 is 25.9. The second-order valence-corrected chi connectivity index (χ2v) is 4.24. The second kappa shape index (κ2) is 6.47. The Morgan fingerprint density at radius 2 is 1.89 bits per heavy atom. The molecule has 1 atom stereocenters. The standard InChI is InChI=1S/C12H13ClF2N2O2/c1-3-16-11(18)6(2)17-12(19)7-4-9(14)10(15)5-8(7)13/h4-6H,3H2,1-2H3,(H,16,18)(H,17,19). The van der Waals surface area contributed by atoms with Crippen molar-refractivity contribution in [3.05, 3.63) is 34.4 Å². The number of benzene rings is 1. The molecule has 0 aliphatic heterocycles. The van der Waals surface area contributed by atoms with E-state index in [9.17, 15) is 18.4 Å². The summed E-state index contributed by atoms with van der Waals surface area (Å²) in [6.07, 6.45) is 0. The number of rotatable bonds is 4. The van der Waals surface area contributed by atoms with Gasteiger partial charge in [-0.05, 0) is 26.0 Å². The normalized spacial score (nSPS) is 11.8. The Kier molecular flexibility index (Phi) is 5.23. The minimum Gasteiger partial charge on any atom is -0.355 e. The molecule has 0 aliphatic rings. The molecule has 1 aromatic carbocycles. The van der Waals surface area contributed by atoms with Crippen molar-refractivity contribution in [3.8, 4) is 0 Å². The van der Waals surface area contributed by atoms with Crippen LogP contribution in [0.1, 0.15) is 24.2 Å². The Morgan fingerprint density at radius 1 is 1.32 bits per heavy atom. The Labute approximate surface area is 114 Å². The van der Waals surface area contributed by atoms with Crippen molar-refractivity contribution in [2.75, 3.05) is 6.54 Å². The zero-order valence-electron chi connectivity index (χ0n) is 10.4. The molecule has 0 bridgehead atoms. The van der Waals surface area contributed by atoms with Gasteiger partial charge in [0, 0.05) is 6.54 Å². The Balaban J connectivity index is 2.84. The molecule has 0 saturated carbocycles. The molecular formula is C12H13ClF2N2O2. The van der Waals surface area contributed by atoms with Gasteiger partial charge in [0.1, 0.15) is 6.04 Å². The quantitative estimate of drug-likeness (QED) is 0.832. The van der Waals surface area contributed by atoms with Crippen LogP contribution >= 0.6 is 11.6 Å². The fourth-order valence-electron chi connectivity index (χ4n) is 1.36. The molecule has 0 heterocycles. The van der Waals surface area contributed by atoms with Crippen molar-refractivity contribution in [1.29, 1.82) is 0 Å². The molecule has 1 aromatic rings. The predicted molar refractivity (Wildman–Crippen MR) is 67.0 cm³/mol. The fraction of sp³-hybridized carbons (Fsp3) is 0.333. The number of hydrogen-bond acceptors (Lipinski definition) is 2. The maximum Gasteiger partial charge on any atom is 0.253 e.